The predicted molar refractivity (Wildman–Crippen MR) is 85.6 cm³/mol. The molecule has 3 nitrogen and oxygen atoms in total. The topological polar surface area (TPSA) is 45.9 Å². The lowest BCUT2D eigenvalue weighted by molar-refractivity contribution is 0.305. The molecule has 0 atom stereocenters. The Hall–Kier alpha value is -1.86. The van der Waals surface area contributed by atoms with E-state index in [2.05, 4.69) is 31.8 Å². The van der Waals surface area contributed by atoms with E-state index in [0.717, 1.165) is 21.3 Å². The zero-order chi connectivity index (χ0) is 15.5. The Balaban J connectivity index is 2.14. The Labute approximate surface area is 130 Å². The molecule has 0 radical (unpaired) electrons. The van der Waals surface area contributed by atoms with Gasteiger partial charge in [0.05, 0.1) is 18.2 Å². The van der Waals surface area contributed by atoms with Crippen LogP contribution < -0.4 is 4.74 Å². The molecule has 0 spiro atoms. The van der Waals surface area contributed by atoms with Crippen LogP contribution in [0.25, 0.3) is 0 Å². The van der Waals surface area contributed by atoms with Gasteiger partial charge < -0.3 is 4.74 Å². The molecule has 1 heterocycles. The van der Waals surface area contributed by atoms with Crippen LogP contribution in [0.3, 0.4) is 0 Å². The summed E-state index contributed by atoms with van der Waals surface area (Å²) in [4.78, 5) is 5.72. The minimum atomic E-state index is -0.0508. The summed E-state index contributed by atoms with van der Waals surface area (Å²) >= 11 is 1.57. The van der Waals surface area contributed by atoms with Gasteiger partial charge in [-0.3, -0.25) is 0 Å². The number of ether oxygens (including phenoxy) is 1. The van der Waals surface area contributed by atoms with Crippen molar-refractivity contribution in [3.63, 3.8) is 0 Å². The van der Waals surface area contributed by atoms with Crippen molar-refractivity contribution in [2.24, 2.45) is 0 Å². The maximum Gasteiger partial charge on any atom is 0.140 e. The molecule has 0 saturated carbocycles. The van der Waals surface area contributed by atoms with Gasteiger partial charge in [0, 0.05) is 10.3 Å². The summed E-state index contributed by atoms with van der Waals surface area (Å²) in [6.07, 6.45) is 0.412. The number of hydrogen-bond donors (Lipinski definition) is 0. The van der Waals surface area contributed by atoms with Crippen LogP contribution in [0.5, 0.6) is 5.75 Å². The molecule has 1 aromatic carbocycles. The van der Waals surface area contributed by atoms with Crippen molar-refractivity contribution in [2.45, 2.75) is 46.1 Å². The highest BCUT2D eigenvalue weighted by Crippen LogP contribution is 2.30. The molecule has 0 aliphatic carbocycles. The zero-order valence-electron chi connectivity index (χ0n) is 12.9. The molecule has 2 rings (SSSR count). The van der Waals surface area contributed by atoms with Crippen molar-refractivity contribution in [1.82, 2.24) is 4.98 Å². The van der Waals surface area contributed by atoms with Crippen molar-refractivity contribution >= 4 is 11.3 Å². The van der Waals surface area contributed by atoms with Crippen molar-refractivity contribution < 1.29 is 4.74 Å². The number of rotatable bonds is 4. The summed E-state index contributed by atoms with van der Waals surface area (Å²) in [6.45, 7) is 8.85. The lowest BCUT2D eigenvalue weighted by Gasteiger charge is -2.16. The number of nitrogens with zero attached hydrogens (tertiary/aromatic N) is 2. The van der Waals surface area contributed by atoms with Gasteiger partial charge >= 0.3 is 0 Å². The van der Waals surface area contributed by atoms with Crippen LogP contribution in [0.4, 0.5) is 0 Å². The quantitative estimate of drug-likeness (QED) is 0.841. The second kappa shape index (κ2) is 6.28. The molecule has 0 unspecified atom stereocenters. The van der Waals surface area contributed by atoms with Gasteiger partial charge in [0.1, 0.15) is 17.4 Å². The molecule has 0 amide bonds. The normalized spacial score (nSPS) is 11.2. The van der Waals surface area contributed by atoms with Crippen LogP contribution in [-0.2, 0) is 18.4 Å². The van der Waals surface area contributed by atoms with Crippen LogP contribution in [0.1, 0.15) is 41.9 Å². The van der Waals surface area contributed by atoms with Crippen molar-refractivity contribution in [1.29, 1.82) is 5.26 Å². The Kier molecular flexibility index (Phi) is 4.64. The summed E-state index contributed by atoms with van der Waals surface area (Å²) in [5.74, 6) is 0.843. The van der Waals surface area contributed by atoms with Gasteiger partial charge in [0.2, 0.25) is 0 Å². The second-order valence-corrected chi connectivity index (χ2v) is 7.23. The van der Waals surface area contributed by atoms with E-state index in [1.165, 1.54) is 5.56 Å². The summed E-state index contributed by atoms with van der Waals surface area (Å²) in [5, 5.41) is 9.87. The molecule has 0 aliphatic rings. The lowest BCUT2D eigenvalue weighted by atomic mass is 9.91. The highest BCUT2D eigenvalue weighted by molar-refractivity contribution is 7.11. The molecule has 21 heavy (non-hydrogen) atoms. The fourth-order valence-corrected chi connectivity index (χ4v) is 3.14. The molecule has 0 N–H and O–H groups in total. The van der Waals surface area contributed by atoms with Crippen LogP contribution in [0.2, 0.25) is 0 Å². The molecule has 2 aromatic rings. The van der Waals surface area contributed by atoms with Gasteiger partial charge in [0.15, 0.2) is 0 Å². The largest absolute Gasteiger partial charge is 0.486 e. The van der Waals surface area contributed by atoms with E-state index in [9.17, 15) is 0 Å². The molecule has 0 fully saturated rings. The van der Waals surface area contributed by atoms with E-state index >= 15 is 0 Å². The van der Waals surface area contributed by atoms with Gasteiger partial charge in [0.25, 0.3) is 0 Å². The SMILES string of the molecule is Cc1ccc(OCc2nc(C(C)(C)C)c(CC#N)s2)cc1. The molecule has 0 saturated heterocycles. The highest BCUT2D eigenvalue weighted by atomic mass is 32.1. The van der Waals surface area contributed by atoms with Crippen LogP contribution >= 0.6 is 11.3 Å². The van der Waals surface area contributed by atoms with Crippen molar-refractivity contribution in [2.75, 3.05) is 0 Å². The number of thiazole rings is 1. The first kappa shape index (κ1) is 15.5. The van der Waals surface area contributed by atoms with Gasteiger partial charge in [-0.15, -0.1) is 11.3 Å². The van der Waals surface area contributed by atoms with Crippen molar-refractivity contribution in [3.05, 3.63) is 45.4 Å². The standard InChI is InChI=1S/C17H20N2OS/c1-12-5-7-13(8-6-12)20-11-15-19-16(17(2,3)4)14(21-15)9-10-18/h5-8H,9,11H2,1-4H3. The van der Waals surface area contributed by atoms with Crippen LogP contribution in [-0.4, -0.2) is 4.98 Å². The third kappa shape index (κ3) is 4.05. The number of nitriles is 1. The number of benzene rings is 1. The van der Waals surface area contributed by atoms with Gasteiger partial charge in [-0.2, -0.15) is 5.26 Å². The van der Waals surface area contributed by atoms with E-state index in [1.54, 1.807) is 11.3 Å². The van der Waals surface area contributed by atoms with Gasteiger partial charge in [-0.25, -0.2) is 4.98 Å². The summed E-state index contributed by atoms with van der Waals surface area (Å²) in [5.41, 5.74) is 2.17. The summed E-state index contributed by atoms with van der Waals surface area (Å²) < 4.78 is 5.77. The average Bonchev–Trinajstić information content (AvgIpc) is 2.82. The predicted octanol–water partition coefficient (Wildman–Crippen LogP) is 4.39. The van der Waals surface area contributed by atoms with E-state index in [0.29, 0.717) is 13.0 Å². The van der Waals surface area contributed by atoms with E-state index < -0.39 is 0 Å². The Morgan fingerprint density at radius 1 is 1.24 bits per heavy atom. The molecule has 0 aliphatic heterocycles. The maximum absolute atomic E-state index is 8.95. The van der Waals surface area contributed by atoms with Crippen LogP contribution in [0.15, 0.2) is 24.3 Å². The Morgan fingerprint density at radius 2 is 1.90 bits per heavy atom. The smallest absolute Gasteiger partial charge is 0.140 e. The second-order valence-electron chi connectivity index (χ2n) is 6.07. The first-order valence-electron chi connectivity index (χ1n) is 6.95. The number of aromatic nitrogens is 1. The highest BCUT2D eigenvalue weighted by Gasteiger charge is 2.23. The molecule has 1 aromatic heterocycles. The molecular weight excluding hydrogens is 280 g/mol. The van der Waals surface area contributed by atoms with E-state index in [1.807, 2.05) is 31.2 Å². The monoisotopic (exact) mass is 300 g/mol. The molecular formula is C17H20N2OS. The fourth-order valence-electron chi connectivity index (χ4n) is 2.02. The minimum Gasteiger partial charge on any atom is -0.486 e. The third-order valence-corrected chi connectivity index (χ3v) is 4.10. The lowest BCUT2D eigenvalue weighted by Crippen LogP contribution is -2.14. The number of aryl methyl sites for hydroxylation is 1. The molecule has 0 bridgehead atoms. The fraction of sp³-hybridized carbons (Fsp3) is 0.412. The van der Waals surface area contributed by atoms with Gasteiger partial charge in [-0.1, -0.05) is 38.5 Å². The van der Waals surface area contributed by atoms with E-state index in [-0.39, 0.29) is 5.41 Å². The Bertz CT molecular complexity index is 645. The zero-order valence-corrected chi connectivity index (χ0v) is 13.8. The minimum absolute atomic E-state index is 0.0508. The Morgan fingerprint density at radius 3 is 2.48 bits per heavy atom. The average molecular weight is 300 g/mol. The first-order valence-corrected chi connectivity index (χ1v) is 7.77. The summed E-state index contributed by atoms with van der Waals surface area (Å²) in [7, 11) is 0. The third-order valence-electron chi connectivity index (χ3n) is 3.07. The summed E-state index contributed by atoms with van der Waals surface area (Å²) in [6, 6.07) is 10.2. The van der Waals surface area contributed by atoms with Crippen LogP contribution in [0, 0.1) is 18.3 Å². The molecule has 110 valence electrons. The van der Waals surface area contributed by atoms with E-state index in [4.69, 9.17) is 10.00 Å². The number of hydrogen-bond acceptors (Lipinski definition) is 4. The van der Waals surface area contributed by atoms with Gasteiger partial charge in [-0.05, 0) is 19.1 Å². The maximum atomic E-state index is 8.95. The van der Waals surface area contributed by atoms with Crippen molar-refractivity contribution in [3.8, 4) is 11.8 Å². The first-order chi connectivity index (χ1) is 9.90. The molecule has 4 heteroatoms.